The molecule has 0 bridgehead atoms. The molecule has 2 heterocycles. The number of nitrogens with one attached hydrogen (secondary N) is 1. The van der Waals surface area contributed by atoms with E-state index in [1.807, 2.05) is 6.20 Å². The van der Waals surface area contributed by atoms with Crippen molar-refractivity contribution >= 4 is 0 Å². The van der Waals surface area contributed by atoms with Gasteiger partial charge in [0.25, 0.3) is 0 Å². The van der Waals surface area contributed by atoms with Crippen LogP contribution in [0.1, 0.15) is 35.8 Å². The first-order chi connectivity index (χ1) is 9.34. The highest BCUT2D eigenvalue weighted by molar-refractivity contribution is 5.18. The monoisotopic (exact) mass is 255 g/mol. The van der Waals surface area contributed by atoms with Crippen LogP contribution in [0, 0.1) is 6.92 Å². The Hall–Kier alpha value is -1.61. The standard InChI is InChI=1S/C16H21N3/c1-13-11-18-16(15-7-9-17-10-8-15)19(13)12-14-5-3-2-4-6-14/h2-6,11,15,17H,7-10,12H2,1H3. The summed E-state index contributed by atoms with van der Waals surface area (Å²) < 4.78 is 2.38. The average Bonchev–Trinajstić information content (AvgIpc) is 2.82. The van der Waals surface area contributed by atoms with E-state index in [2.05, 4.69) is 52.1 Å². The molecule has 19 heavy (non-hydrogen) atoms. The number of nitrogens with zero attached hydrogens (tertiary/aromatic N) is 2. The fourth-order valence-electron chi connectivity index (χ4n) is 2.86. The molecule has 0 unspecified atom stereocenters. The first-order valence-corrected chi connectivity index (χ1v) is 7.11. The molecule has 2 aromatic rings. The molecule has 100 valence electrons. The van der Waals surface area contributed by atoms with Gasteiger partial charge in [0.15, 0.2) is 0 Å². The van der Waals surface area contributed by atoms with E-state index in [9.17, 15) is 0 Å². The van der Waals surface area contributed by atoms with Crippen molar-refractivity contribution in [2.75, 3.05) is 13.1 Å². The van der Waals surface area contributed by atoms with Gasteiger partial charge in [-0.2, -0.15) is 0 Å². The van der Waals surface area contributed by atoms with Crippen LogP contribution in [0.2, 0.25) is 0 Å². The lowest BCUT2D eigenvalue weighted by atomic mass is 9.97. The quantitative estimate of drug-likeness (QED) is 0.914. The molecule has 0 spiro atoms. The molecular weight excluding hydrogens is 234 g/mol. The summed E-state index contributed by atoms with van der Waals surface area (Å²) in [5.41, 5.74) is 2.61. The van der Waals surface area contributed by atoms with E-state index in [1.54, 1.807) is 0 Å². The lowest BCUT2D eigenvalue weighted by Gasteiger charge is -2.23. The maximum Gasteiger partial charge on any atom is 0.112 e. The second-order valence-electron chi connectivity index (χ2n) is 5.35. The Kier molecular flexibility index (Phi) is 3.65. The number of hydrogen-bond donors (Lipinski definition) is 1. The molecular formula is C16H21N3. The minimum atomic E-state index is 0.610. The van der Waals surface area contributed by atoms with E-state index in [0.29, 0.717) is 5.92 Å². The molecule has 3 heteroatoms. The second kappa shape index (κ2) is 5.57. The Morgan fingerprint density at radius 2 is 1.95 bits per heavy atom. The first-order valence-electron chi connectivity index (χ1n) is 7.11. The number of aryl methyl sites for hydroxylation is 1. The van der Waals surface area contributed by atoms with Gasteiger partial charge in [0.1, 0.15) is 5.82 Å². The number of benzene rings is 1. The minimum Gasteiger partial charge on any atom is -0.328 e. The van der Waals surface area contributed by atoms with Crippen molar-refractivity contribution in [3.63, 3.8) is 0 Å². The highest BCUT2D eigenvalue weighted by atomic mass is 15.1. The molecule has 1 aromatic heterocycles. The molecule has 3 rings (SSSR count). The molecule has 1 aliphatic heterocycles. The molecule has 1 aliphatic rings. The van der Waals surface area contributed by atoms with E-state index >= 15 is 0 Å². The van der Waals surface area contributed by atoms with Crippen molar-refractivity contribution in [3.8, 4) is 0 Å². The van der Waals surface area contributed by atoms with Gasteiger partial charge in [0, 0.05) is 24.4 Å². The molecule has 1 saturated heterocycles. The topological polar surface area (TPSA) is 29.9 Å². The number of aromatic nitrogens is 2. The van der Waals surface area contributed by atoms with Gasteiger partial charge in [-0.15, -0.1) is 0 Å². The maximum atomic E-state index is 4.67. The summed E-state index contributed by atoms with van der Waals surface area (Å²) in [7, 11) is 0. The van der Waals surface area contributed by atoms with Crippen molar-refractivity contribution in [2.24, 2.45) is 0 Å². The van der Waals surface area contributed by atoms with Crippen LogP contribution < -0.4 is 5.32 Å². The predicted octanol–water partition coefficient (Wildman–Crippen LogP) is 2.71. The molecule has 0 amide bonds. The average molecular weight is 255 g/mol. The SMILES string of the molecule is Cc1cnc(C2CCNCC2)n1Cc1ccccc1. The fourth-order valence-corrected chi connectivity index (χ4v) is 2.86. The number of hydrogen-bond acceptors (Lipinski definition) is 2. The van der Waals surface area contributed by atoms with Crippen LogP contribution in [0.5, 0.6) is 0 Å². The summed E-state index contributed by atoms with van der Waals surface area (Å²) in [6.07, 6.45) is 4.41. The van der Waals surface area contributed by atoms with Crippen molar-refractivity contribution in [1.82, 2.24) is 14.9 Å². The van der Waals surface area contributed by atoms with Gasteiger partial charge in [-0.1, -0.05) is 30.3 Å². The third kappa shape index (κ3) is 2.71. The molecule has 1 aromatic carbocycles. The highest BCUT2D eigenvalue weighted by Crippen LogP contribution is 2.25. The lowest BCUT2D eigenvalue weighted by Crippen LogP contribution is -2.28. The fraction of sp³-hybridized carbons (Fsp3) is 0.438. The van der Waals surface area contributed by atoms with E-state index in [4.69, 9.17) is 0 Å². The summed E-state index contributed by atoms with van der Waals surface area (Å²) in [5.74, 6) is 1.88. The summed E-state index contributed by atoms with van der Waals surface area (Å²) >= 11 is 0. The Bertz CT molecular complexity index is 524. The third-order valence-electron chi connectivity index (χ3n) is 3.97. The maximum absolute atomic E-state index is 4.67. The van der Waals surface area contributed by atoms with Gasteiger partial charge in [0.2, 0.25) is 0 Å². The van der Waals surface area contributed by atoms with E-state index in [-0.39, 0.29) is 0 Å². The molecule has 0 radical (unpaired) electrons. The second-order valence-corrected chi connectivity index (χ2v) is 5.35. The van der Waals surface area contributed by atoms with Crippen LogP contribution in [-0.4, -0.2) is 22.6 Å². The molecule has 0 atom stereocenters. The third-order valence-corrected chi connectivity index (χ3v) is 3.97. The van der Waals surface area contributed by atoms with Crippen LogP contribution in [0.15, 0.2) is 36.5 Å². The van der Waals surface area contributed by atoms with E-state index in [0.717, 1.165) is 19.6 Å². The Morgan fingerprint density at radius 1 is 1.21 bits per heavy atom. The molecule has 0 aliphatic carbocycles. The number of piperidine rings is 1. The summed E-state index contributed by atoms with van der Waals surface area (Å²) in [4.78, 5) is 4.67. The van der Waals surface area contributed by atoms with E-state index < -0.39 is 0 Å². The Balaban J connectivity index is 1.86. The van der Waals surface area contributed by atoms with Crippen LogP contribution in [0.4, 0.5) is 0 Å². The predicted molar refractivity (Wildman–Crippen MR) is 77.4 cm³/mol. The Labute approximate surface area is 114 Å². The van der Waals surface area contributed by atoms with Crippen molar-refractivity contribution in [2.45, 2.75) is 32.2 Å². The zero-order valence-corrected chi connectivity index (χ0v) is 11.5. The largest absolute Gasteiger partial charge is 0.328 e. The van der Waals surface area contributed by atoms with Gasteiger partial charge in [-0.05, 0) is 38.4 Å². The van der Waals surface area contributed by atoms with Gasteiger partial charge in [-0.25, -0.2) is 4.98 Å². The van der Waals surface area contributed by atoms with Crippen LogP contribution in [-0.2, 0) is 6.54 Å². The van der Waals surface area contributed by atoms with Crippen molar-refractivity contribution in [1.29, 1.82) is 0 Å². The van der Waals surface area contributed by atoms with Crippen LogP contribution in [0.25, 0.3) is 0 Å². The zero-order valence-electron chi connectivity index (χ0n) is 11.5. The summed E-state index contributed by atoms with van der Waals surface area (Å²) in [6, 6.07) is 10.6. The normalized spacial score (nSPS) is 16.7. The lowest BCUT2D eigenvalue weighted by molar-refractivity contribution is 0.433. The number of imidazole rings is 1. The molecule has 0 saturated carbocycles. The van der Waals surface area contributed by atoms with Crippen molar-refractivity contribution in [3.05, 3.63) is 53.6 Å². The van der Waals surface area contributed by atoms with Gasteiger partial charge >= 0.3 is 0 Å². The smallest absolute Gasteiger partial charge is 0.112 e. The molecule has 3 nitrogen and oxygen atoms in total. The summed E-state index contributed by atoms with van der Waals surface area (Å²) in [5, 5.41) is 3.42. The molecule has 1 fully saturated rings. The minimum absolute atomic E-state index is 0.610. The molecule has 1 N–H and O–H groups in total. The first kappa shape index (κ1) is 12.4. The highest BCUT2D eigenvalue weighted by Gasteiger charge is 2.20. The van der Waals surface area contributed by atoms with Crippen molar-refractivity contribution < 1.29 is 0 Å². The number of rotatable bonds is 3. The van der Waals surface area contributed by atoms with Crippen LogP contribution in [0.3, 0.4) is 0 Å². The van der Waals surface area contributed by atoms with Crippen LogP contribution >= 0.6 is 0 Å². The van der Waals surface area contributed by atoms with Gasteiger partial charge in [-0.3, -0.25) is 0 Å². The van der Waals surface area contributed by atoms with E-state index in [1.165, 1.54) is 29.9 Å². The van der Waals surface area contributed by atoms with Gasteiger partial charge < -0.3 is 9.88 Å². The summed E-state index contributed by atoms with van der Waals surface area (Å²) in [6.45, 7) is 5.32. The zero-order chi connectivity index (χ0) is 13.1. The Morgan fingerprint density at radius 3 is 2.68 bits per heavy atom. The van der Waals surface area contributed by atoms with Gasteiger partial charge in [0.05, 0.1) is 0 Å².